The van der Waals surface area contributed by atoms with Crippen molar-refractivity contribution in [2.75, 3.05) is 18.4 Å². The van der Waals surface area contributed by atoms with Gasteiger partial charge in [0.25, 0.3) is 17.5 Å². The van der Waals surface area contributed by atoms with Gasteiger partial charge >= 0.3 is 0 Å². The fraction of sp³-hybridized carbons (Fsp3) is 0.167. The predicted molar refractivity (Wildman–Crippen MR) is 122 cm³/mol. The van der Waals surface area contributed by atoms with E-state index in [0.717, 1.165) is 0 Å². The number of carbonyl (C=O) groups is 2. The molecule has 0 fully saturated rings. The van der Waals surface area contributed by atoms with E-state index < -0.39 is 16.6 Å². The minimum absolute atomic E-state index is 0.113. The molecule has 0 aliphatic carbocycles. The smallest absolute Gasteiger partial charge is 0.269 e. The van der Waals surface area contributed by atoms with Crippen LogP contribution in [0.25, 0.3) is 0 Å². The third-order valence-corrected chi connectivity index (χ3v) is 4.96. The summed E-state index contributed by atoms with van der Waals surface area (Å²) in [7, 11) is 0. The van der Waals surface area contributed by atoms with E-state index in [1.165, 1.54) is 42.5 Å². The van der Waals surface area contributed by atoms with Gasteiger partial charge in [-0.3, -0.25) is 19.7 Å². The number of rotatable bonds is 9. The molecule has 0 spiro atoms. The summed E-state index contributed by atoms with van der Waals surface area (Å²) >= 11 is 0. The largest absolute Gasteiger partial charge is 0.334 e. The molecule has 0 aliphatic rings. The van der Waals surface area contributed by atoms with Crippen LogP contribution in [-0.2, 0) is 6.54 Å². The number of amides is 2. The quantitative estimate of drug-likeness (QED) is 0.378. The van der Waals surface area contributed by atoms with Crippen LogP contribution in [0.1, 0.15) is 32.7 Å². The number of hydrogen-bond acceptors (Lipinski definition) is 5. The molecule has 0 atom stereocenters. The van der Waals surface area contributed by atoms with Gasteiger partial charge in [0.2, 0.25) is 0 Å². The van der Waals surface area contributed by atoms with Gasteiger partial charge in [0.05, 0.1) is 4.92 Å². The normalized spacial score (nSPS) is 10.5. The highest BCUT2D eigenvalue weighted by atomic mass is 19.1. The van der Waals surface area contributed by atoms with Crippen LogP contribution in [-0.4, -0.2) is 34.7 Å². The summed E-state index contributed by atoms with van der Waals surface area (Å²) in [5, 5.41) is 13.6. The number of non-ortho nitro benzene ring substituents is 1. The Labute approximate surface area is 190 Å². The molecule has 9 heteroatoms. The first-order valence-electron chi connectivity index (χ1n) is 10.3. The molecule has 0 heterocycles. The lowest BCUT2D eigenvalue weighted by Gasteiger charge is -2.24. The van der Waals surface area contributed by atoms with Gasteiger partial charge in [0.1, 0.15) is 5.82 Å². The molecule has 0 bridgehead atoms. The van der Waals surface area contributed by atoms with Crippen molar-refractivity contribution < 1.29 is 18.9 Å². The van der Waals surface area contributed by atoms with E-state index in [1.807, 2.05) is 0 Å². The molecule has 33 heavy (non-hydrogen) atoms. The van der Waals surface area contributed by atoms with Crippen molar-refractivity contribution in [3.8, 4) is 0 Å². The zero-order valence-corrected chi connectivity index (χ0v) is 17.7. The van der Waals surface area contributed by atoms with Crippen LogP contribution in [0.4, 0.5) is 15.8 Å². The molecule has 2 amide bonds. The summed E-state index contributed by atoms with van der Waals surface area (Å²) in [6, 6.07) is 17.7. The zero-order valence-electron chi connectivity index (χ0n) is 17.7. The third kappa shape index (κ3) is 6.20. The maximum atomic E-state index is 13.6. The number of nitrogens with two attached hydrogens (primary N) is 1. The number of carbonyl (C=O) groups excluding carboxylic acids is 2. The Kier molecular flexibility index (Phi) is 7.82. The first kappa shape index (κ1) is 23.6. The Morgan fingerprint density at radius 1 is 1.00 bits per heavy atom. The SMILES string of the molecule is NCCCN(Cc1ccccc1NC(=O)c1ccc([N+](=O)[O-])cc1)C(=O)c1cccc(F)c1. The molecule has 170 valence electrons. The fourth-order valence-electron chi connectivity index (χ4n) is 3.25. The third-order valence-electron chi connectivity index (χ3n) is 4.96. The van der Waals surface area contributed by atoms with Crippen LogP contribution in [0.2, 0.25) is 0 Å². The maximum Gasteiger partial charge on any atom is 0.269 e. The maximum absolute atomic E-state index is 13.6. The van der Waals surface area contributed by atoms with Crippen LogP contribution >= 0.6 is 0 Å². The van der Waals surface area contributed by atoms with E-state index >= 15 is 0 Å². The van der Waals surface area contributed by atoms with Gasteiger partial charge < -0.3 is 16.0 Å². The van der Waals surface area contributed by atoms with Crippen molar-refractivity contribution in [3.05, 3.63) is 105 Å². The lowest BCUT2D eigenvalue weighted by Crippen LogP contribution is -2.33. The molecule has 0 radical (unpaired) electrons. The lowest BCUT2D eigenvalue weighted by atomic mass is 10.1. The molecule has 3 rings (SSSR count). The van der Waals surface area contributed by atoms with E-state index in [1.54, 1.807) is 35.2 Å². The highest BCUT2D eigenvalue weighted by Gasteiger charge is 2.19. The predicted octanol–water partition coefficient (Wildman–Crippen LogP) is 3.98. The van der Waals surface area contributed by atoms with Crippen LogP contribution in [0.3, 0.4) is 0 Å². The second-order valence-electron chi connectivity index (χ2n) is 7.29. The van der Waals surface area contributed by atoms with Gasteiger partial charge in [-0.25, -0.2) is 4.39 Å². The number of nitro groups is 1. The summed E-state index contributed by atoms with van der Waals surface area (Å²) in [4.78, 5) is 37.5. The molecule has 3 N–H and O–H groups in total. The number of hydrogen-bond donors (Lipinski definition) is 2. The Morgan fingerprint density at radius 3 is 2.39 bits per heavy atom. The van der Waals surface area contributed by atoms with Crippen LogP contribution < -0.4 is 11.1 Å². The number of para-hydroxylation sites is 1. The average Bonchev–Trinajstić information content (AvgIpc) is 2.82. The number of anilines is 1. The highest BCUT2D eigenvalue weighted by molar-refractivity contribution is 6.04. The van der Waals surface area contributed by atoms with Crippen LogP contribution in [0.15, 0.2) is 72.8 Å². The zero-order chi connectivity index (χ0) is 23.8. The number of nitro benzene ring substituents is 1. The van der Waals surface area contributed by atoms with Gasteiger partial charge in [0.15, 0.2) is 0 Å². The van der Waals surface area contributed by atoms with Gasteiger partial charge in [-0.05, 0) is 54.9 Å². The minimum atomic E-state index is -0.539. The molecule has 0 aromatic heterocycles. The second kappa shape index (κ2) is 11.0. The topological polar surface area (TPSA) is 119 Å². The van der Waals surface area contributed by atoms with Crippen LogP contribution in [0, 0.1) is 15.9 Å². The second-order valence-corrected chi connectivity index (χ2v) is 7.29. The number of benzene rings is 3. The molecule has 0 saturated carbocycles. The number of nitrogens with one attached hydrogen (secondary N) is 1. The van der Waals surface area contributed by atoms with Crippen molar-refractivity contribution in [1.82, 2.24) is 4.90 Å². The Morgan fingerprint density at radius 2 is 1.73 bits per heavy atom. The minimum Gasteiger partial charge on any atom is -0.334 e. The molecule has 3 aromatic rings. The van der Waals surface area contributed by atoms with Crippen LogP contribution in [0.5, 0.6) is 0 Å². The van der Waals surface area contributed by atoms with E-state index in [0.29, 0.717) is 30.8 Å². The summed E-state index contributed by atoms with van der Waals surface area (Å²) in [6.07, 6.45) is 0.554. The molecule has 0 unspecified atom stereocenters. The first-order chi connectivity index (χ1) is 15.9. The summed E-state index contributed by atoms with van der Waals surface area (Å²) in [5.74, 6) is -1.29. The summed E-state index contributed by atoms with van der Waals surface area (Å²) < 4.78 is 13.6. The summed E-state index contributed by atoms with van der Waals surface area (Å²) in [6.45, 7) is 0.911. The van der Waals surface area contributed by atoms with E-state index in [2.05, 4.69) is 5.32 Å². The van der Waals surface area contributed by atoms with Gasteiger partial charge in [-0.2, -0.15) is 0 Å². The molecular formula is C24H23FN4O4. The summed E-state index contributed by atoms with van der Waals surface area (Å²) in [5.41, 5.74) is 7.16. The van der Waals surface area contributed by atoms with Gasteiger partial charge in [0, 0.05) is 42.0 Å². The van der Waals surface area contributed by atoms with E-state index in [-0.39, 0.29) is 29.3 Å². The van der Waals surface area contributed by atoms with E-state index in [9.17, 15) is 24.1 Å². The monoisotopic (exact) mass is 450 g/mol. The average molecular weight is 450 g/mol. The molecular weight excluding hydrogens is 427 g/mol. The fourth-order valence-corrected chi connectivity index (χ4v) is 3.25. The Hall–Kier alpha value is -4.11. The van der Waals surface area contributed by atoms with Crippen molar-refractivity contribution in [2.45, 2.75) is 13.0 Å². The Bertz CT molecular complexity index is 1150. The number of nitrogens with zero attached hydrogens (tertiary/aromatic N) is 2. The molecule has 8 nitrogen and oxygen atoms in total. The molecule has 0 aliphatic heterocycles. The number of halogens is 1. The first-order valence-corrected chi connectivity index (χ1v) is 10.3. The molecule has 0 saturated heterocycles. The van der Waals surface area contributed by atoms with Crippen molar-refractivity contribution in [2.24, 2.45) is 5.73 Å². The van der Waals surface area contributed by atoms with E-state index in [4.69, 9.17) is 5.73 Å². The molecule has 3 aromatic carbocycles. The van der Waals surface area contributed by atoms with Gasteiger partial charge in [-0.1, -0.05) is 24.3 Å². The highest BCUT2D eigenvalue weighted by Crippen LogP contribution is 2.21. The Balaban J connectivity index is 1.81. The van der Waals surface area contributed by atoms with Gasteiger partial charge in [-0.15, -0.1) is 0 Å². The van der Waals surface area contributed by atoms with Crippen molar-refractivity contribution >= 4 is 23.2 Å². The van der Waals surface area contributed by atoms with Crippen molar-refractivity contribution in [1.29, 1.82) is 0 Å². The van der Waals surface area contributed by atoms with Crippen molar-refractivity contribution in [3.63, 3.8) is 0 Å². The lowest BCUT2D eigenvalue weighted by molar-refractivity contribution is -0.384. The standard InChI is InChI=1S/C24H23FN4O4/c25-20-7-3-6-18(15-20)24(31)28(14-4-13-26)16-19-5-1-2-8-22(19)27-23(30)17-9-11-21(12-10-17)29(32)33/h1-3,5-12,15H,4,13-14,16,26H2,(H,27,30).